The second kappa shape index (κ2) is 9.80. The summed E-state index contributed by atoms with van der Waals surface area (Å²) in [5.41, 5.74) is 2.46. The van der Waals surface area contributed by atoms with Gasteiger partial charge < -0.3 is 9.47 Å². The lowest BCUT2D eigenvalue weighted by molar-refractivity contribution is -0.151. The van der Waals surface area contributed by atoms with Gasteiger partial charge in [-0.25, -0.2) is 14.5 Å². The molecule has 0 radical (unpaired) electrons. The zero-order chi connectivity index (χ0) is 24.2. The molecule has 2 aliphatic rings. The van der Waals surface area contributed by atoms with E-state index in [2.05, 4.69) is 4.98 Å². The third-order valence-electron chi connectivity index (χ3n) is 6.08. The summed E-state index contributed by atoms with van der Waals surface area (Å²) in [7, 11) is 0. The van der Waals surface area contributed by atoms with Crippen molar-refractivity contribution in [2.45, 2.75) is 24.7 Å². The monoisotopic (exact) mass is 469 g/mol. The van der Waals surface area contributed by atoms with Crippen molar-refractivity contribution in [2.24, 2.45) is 0 Å². The van der Waals surface area contributed by atoms with Crippen molar-refractivity contribution in [1.29, 1.82) is 0 Å². The van der Waals surface area contributed by atoms with Crippen LogP contribution < -0.4 is 0 Å². The van der Waals surface area contributed by atoms with Crippen molar-refractivity contribution in [3.8, 4) is 0 Å². The number of nitrogens with zero attached hydrogens (tertiary/aromatic N) is 3. The first-order chi connectivity index (χ1) is 17.1. The average molecular weight is 469 g/mol. The minimum absolute atomic E-state index is 0.0333. The second-order valence-corrected chi connectivity index (χ2v) is 8.24. The van der Waals surface area contributed by atoms with Gasteiger partial charge in [-0.3, -0.25) is 14.7 Å². The van der Waals surface area contributed by atoms with Crippen molar-refractivity contribution in [3.05, 3.63) is 108 Å². The molecule has 5 rings (SSSR count). The molecule has 0 saturated carbocycles. The van der Waals surface area contributed by atoms with E-state index in [4.69, 9.17) is 9.47 Å². The molecule has 0 spiro atoms. The fraction of sp³-hybridized carbons (Fsp3) is 0.185. The Bertz CT molecular complexity index is 1230. The summed E-state index contributed by atoms with van der Waals surface area (Å²) in [6, 6.07) is 20.2. The Morgan fingerprint density at radius 2 is 1.77 bits per heavy atom. The summed E-state index contributed by atoms with van der Waals surface area (Å²) in [6.07, 6.45) is 5.47. The molecule has 0 N–H and O–H groups in total. The Hall–Kier alpha value is -4.46. The van der Waals surface area contributed by atoms with Gasteiger partial charge in [-0.05, 0) is 22.8 Å². The first-order valence-electron chi connectivity index (χ1n) is 11.3. The molecule has 2 saturated heterocycles. The first kappa shape index (κ1) is 22.3. The summed E-state index contributed by atoms with van der Waals surface area (Å²) in [4.78, 5) is 45.5. The van der Waals surface area contributed by atoms with Crippen LogP contribution in [-0.4, -0.2) is 51.6 Å². The van der Waals surface area contributed by atoms with Gasteiger partial charge >= 0.3 is 12.2 Å². The lowest BCUT2D eigenvalue weighted by Gasteiger charge is -2.47. The Morgan fingerprint density at radius 3 is 2.49 bits per heavy atom. The van der Waals surface area contributed by atoms with E-state index in [1.54, 1.807) is 30.6 Å². The predicted molar refractivity (Wildman–Crippen MR) is 127 cm³/mol. The standard InChI is InChI=1S/C27H23N3O5/c31-25-24(29-23(18-35-26(29)32)21-11-5-2-6-12-21)22(14-13-19-10-7-15-28-16-19)30(25)27(33)34-17-20-8-3-1-4-9-20/h1-16,22-24H,17-18H2/b14-13+/t22-,23-,24-/m1/s1. The number of amides is 3. The summed E-state index contributed by atoms with van der Waals surface area (Å²) >= 11 is 0. The van der Waals surface area contributed by atoms with Gasteiger partial charge in [-0.2, -0.15) is 0 Å². The van der Waals surface area contributed by atoms with Crippen LogP contribution in [0.4, 0.5) is 9.59 Å². The maximum Gasteiger partial charge on any atom is 0.417 e. The molecule has 0 aliphatic carbocycles. The van der Waals surface area contributed by atoms with Crippen molar-refractivity contribution in [2.75, 3.05) is 6.61 Å². The van der Waals surface area contributed by atoms with Gasteiger partial charge in [0.05, 0.1) is 12.1 Å². The minimum Gasteiger partial charge on any atom is -0.447 e. The molecule has 35 heavy (non-hydrogen) atoms. The quantitative estimate of drug-likeness (QED) is 0.503. The molecule has 2 aliphatic heterocycles. The molecule has 3 atom stereocenters. The number of β-lactam (4-membered cyclic amide) rings is 1. The van der Waals surface area contributed by atoms with Crippen LogP contribution >= 0.6 is 0 Å². The van der Waals surface area contributed by atoms with E-state index in [1.165, 1.54) is 4.90 Å². The highest BCUT2D eigenvalue weighted by Gasteiger charge is 2.58. The van der Waals surface area contributed by atoms with Crippen LogP contribution in [0.2, 0.25) is 0 Å². The van der Waals surface area contributed by atoms with Gasteiger partial charge in [0.25, 0.3) is 5.91 Å². The highest BCUT2D eigenvalue weighted by atomic mass is 16.6. The molecule has 176 valence electrons. The summed E-state index contributed by atoms with van der Waals surface area (Å²) in [5, 5.41) is 0. The molecular formula is C27H23N3O5. The Morgan fingerprint density at radius 1 is 1.03 bits per heavy atom. The van der Waals surface area contributed by atoms with Crippen LogP contribution in [0.25, 0.3) is 6.08 Å². The van der Waals surface area contributed by atoms with E-state index in [1.807, 2.05) is 66.7 Å². The fourth-order valence-electron chi connectivity index (χ4n) is 4.33. The molecule has 0 unspecified atom stereocenters. The zero-order valence-electron chi connectivity index (χ0n) is 18.8. The van der Waals surface area contributed by atoms with Crippen molar-refractivity contribution in [3.63, 3.8) is 0 Å². The Balaban J connectivity index is 1.41. The Labute approximate surface area is 202 Å². The normalized spacial score (nSPS) is 21.7. The maximum atomic E-state index is 13.3. The van der Waals surface area contributed by atoms with Crippen molar-refractivity contribution < 1.29 is 23.9 Å². The van der Waals surface area contributed by atoms with Crippen LogP contribution in [-0.2, 0) is 20.9 Å². The minimum atomic E-state index is -0.896. The van der Waals surface area contributed by atoms with Crippen LogP contribution in [0.3, 0.4) is 0 Å². The van der Waals surface area contributed by atoms with Gasteiger partial charge in [-0.1, -0.05) is 78.9 Å². The summed E-state index contributed by atoms with van der Waals surface area (Å²) < 4.78 is 10.7. The van der Waals surface area contributed by atoms with Gasteiger partial charge in [0.1, 0.15) is 19.3 Å². The molecule has 8 nitrogen and oxygen atoms in total. The molecule has 3 heterocycles. The Kier molecular flexibility index (Phi) is 6.26. The smallest absolute Gasteiger partial charge is 0.417 e. The molecule has 8 heteroatoms. The van der Waals surface area contributed by atoms with Gasteiger partial charge in [0.2, 0.25) is 0 Å². The second-order valence-electron chi connectivity index (χ2n) is 8.24. The number of likely N-dealkylation sites (tertiary alicyclic amines) is 1. The zero-order valence-corrected chi connectivity index (χ0v) is 18.8. The number of cyclic esters (lactones) is 1. The van der Waals surface area contributed by atoms with Gasteiger partial charge in [0.15, 0.2) is 0 Å². The SMILES string of the molecule is O=C(OCc1ccccc1)N1C(=O)[C@H](N2C(=O)OC[C@@H]2c2ccccc2)[C@H]1/C=C/c1cccnc1. The van der Waals surface area contributed by atoms with Crippen LogP contribution in [0, 0.1) is 0 Å². The number of benzene rings is 2. The lowest BCUT2D eigenvalue weighted by atomic mass is 9.91. The van der Waals surface area contributed by atoms with Crippen LogP contribution in [0.5, 0.6) is 0 Å². The molecule has 2 fully saturated rings. The maximum absolute atomic E-state index is 13.3. The number of rotatable bonds is 6. The fourth-order valence-corrected chi connectivity index (χ4v) is 4.33. The molecule has 0 bridgehead atoms. The number of hydrogen-bond donors (Lipinski definition) is 0. The lowest BCUT2D eigenvalue weighted by Crippen LogP contribution is -2.71. The van der Waals surface area contributed by atoms with Crippen molar-refractivity contribution >= 4 is 24.2 Å². The van der Waals surface area contributed by atoms with E-state index in [0.717, 1.165) is 21.6 Å². The predicted octanol–water partition coefficient (Wildman–Crippen LogP) is 4.20. The number of hydrogen-bond acceptors (Lipinski definition) is 6. The molecule has 3 amide bonds. The number of ether oxygens (including phenoxy) is 2. The molecule has 1 aromatic heterocycles. The van der Waals surface area contributed by atoms with E-state index < -0.39 is 36.2 Å². The van der Waals surface area contributed by atoms with Gasteiger partial charge in [-0.15, -0.1) is 0 Å². The number of pyridine rings is 1. The summed E-state index contributed by atoms with van der Waals surface area (Å²) in [5.74, 6) is -0.510. The number of carbonyl (C=O) groups is 3. The highest BCUT2D eigenvalue weighted by molar-refractivity contribution is 6.04. The number of aromatic nitrogens is 1. The average Bonchev–Trinajstić information content (AvgIpc) is 3.27. The van der Waals surface area contributed by atoms with E-state index >= 15 is 0 Å². The number of carbonyl (C=O) groups excluding carboxylic acids is 3. The third-order valence-corrected chi connectivity index (χ3v) is 6.08. The van der Waals surface area contributed by atoms with E-state index in [0.29, 0.717) is 0 Å². The van der Waals surface area contributed by atoms with Crippen LogP contribution in [0.15, 0.2) is 91.3 Å². The topological polar surface area (TPSA) is 89.0 Å². The summed E-state index contributed by atoms with van der Waals surface area (Å²) in [6.45, 7) is 0.162. The highest BCUT2D eigenvalue weighted by Crippen LogP contribution is 2.37. The van der Waals surface area contributed by atoms with E-state index in [9.17, 15) is 14.4 Å². The first-order valence-corrected chi connectivity index (χ1v) is 11.3. The van der Waals surface area contributed by atoms with Crippen molar-refractivity contribution in [1.82, 2.24) is 14.8 Å². The number of imide groups is 1. The molecular weight excluding hydrogens is 446 g/mol. The third kappa shape index (κ3) is 4.50. The molecule has 2 aromatic carbocycles. The van der Waals surface area contributed by atoms with Crippen LogP contribution in [0.1, 0.15) is 22.7 Å². The van der Waals surface area contributed by atoms with Gasteiger partial charge in [0, 0.05) is 12.4 Å². The largest absolute Gasteiger partial charge is 0.447 e. The molecule has 3 aromatic rings. The van der Waals surface area contributed by atoms with E-state index in [-0.39, 0.29) is 13.2 Å².